The Bertz CT molecular complexity index is 893. The molecular weight excluding hydrogens is 497 g/mol. The summed E-state index contributed by atoms with van der Waals surface area (Å²) in [7, 11) is 0. The molecule has 1 heterocycles. The number of hydrogen-bond donors (Lipinski definition) is 2. The number of aryl methyl sites for hydroxylation is 1. The van der Waals surface area contributed by atoms with E-state index in [0.29, 0.717) is 0 Å². The van der Waals surface area contributed by atoms with Gasteiger partial charge in [0.15, 0.2) is 5.69 Å². The van der Waals surface area contributed by atoms with Crippen molar-refractivity contribution in [1.29, 1.82) is 0 Å². The number of carbonyl (C=O) groups is 2. The van der Waals surface area contributed by atoms with Gasteiger partial charge in [-0.15, -0.1) is 5.10 Å². The lowest BCUT2D eigenvalue weighted by atomic mass is 9.92. The van der Waals surface area contributed by atoms with Crippen LogP contribution in [0.1, 0.15) is 27.4 Å². The molecule has 0 bridgehead atoms. The number of nitrogens with zero attached hydrogens (tertiary/aromatic N) is 3. The normalized spacial score (nSPS) is 14.5. The molecule has 0 aliphatic heterocycles. The average Bonchev–Trinajstić information content (AvgIpc) is 3.02. The summed E-state index contributed by atoms with van der Waals surface area (Å²) in [6.07, 6.45) is -10.3. The largest absolute Gasteiger partial charge is 0.476 e. The van der Waals surface area contributed by atoms with Crippen LogP contribution in [0.15, 0.2) is 0 Å². The van der Waals surface area contributed by atoms with Gasteiger partial charge in [-0.2, -0.15) is 57.1 Å². The third-order valence-electron chi connectivity index (χ3n) is 3.78. The van der Waals surface area contributed by atoms with E-state index in [2.05, 4.69) is 10.3 Å². The molecule has 32 heavy (non-hydrogen) atoms. The lowest BCUT2D eigenvalue weighted by Gasteiger charge is -2.39. The van der Waals surface area contributed by atoms with Crippen molar-refractivity contribution in [2.24, 2.45) is 0 Å². The van der Waals surface area contributed by atoms with Gasteiger partial charge in [0.2, 0.25) is 5.69 Å². The topological polar surface area (TPSA) is 105 Å². The first-order valence-electron chi connectivity index (χ1n) is 7.33. The minimum atomic E-state index is -8.07. The molecule has 7 nitrogen and oxygen atoms in total. The van der Waals surface area contributed by atoms with Crippen LogP contribution in [0.4, 0.5) is 57.1 Å². The van der Waals surface area contributed by atoms with Crippen LogP contribution in [0.2, 0.25) is 0 Å². The van der Waals surface area contributed by atoms with Gasteiger partial charge in [-0.1, -0.05) is 5.21 Å². The van der Waals surface area contributed by atoms with Crippen LogP contribution in [0.5, 0.6) is 0 Å². The first-order chi connectivity index (χ1) is 14.0. The monoisotopic (exact) mass is 503 g/mol. The summed E-state index contributed by atoms with van der Waals surface area (Å²) in [6.45, 7) is -1.94. The Morgan fingerprint density at radius 2 is 1.16 bits per heavy atom. The van der Waals surface area contributed by atoms with Crippen molar-refractivity contribution in [2.75, 3.05) is 0 Å². The smallest absolute Gasteiger partial charge is 0.460 e. The molecule has 0 saturated heterocycles. The van der Waals surface area contributed by atoms with E-state index in [9.17, 15) is 66.7 Å². The molecule has 0 aliphatic rings. The molecule has 0 saturated carbocycles. The predicted molar refractivity (Wildman–Crippen MR) is 69.3 cm³/mol. The van der Waals surface area contributed by atoms with Gasteiger partial charge in [0.25, 0.3) is 0 Å². The highest BCUT2D eigenvalue weighted by molar-refractivity contribution is 5.98. The summed E-state index contributed by atoms with van der Waals surface area (Å²) >= 11 is 0. The summed E-state index contributed by atoms with van der Waals surface area (Å²) in [4.78, 5) is 21.6. The number of rotatable bonds is 9. The number of carboxylic acids is 2. The molecule has 0 unspecified atom stereocenters. The minimum Gasteiger partial charge on any atom is -0.476 e. The van der Waals surface area contributed by atoms with Crippen molar-refractivity contribution in [3.05, 3.63) is 11.4 Å². The average molecular weight is 503 g/mol. The zero-order valence-electron chi connectivity index (χ0n) is 14.4. The second-order valence-electron chi connectivity index (χ2n) is 5.87. The van der Waals surface area contributed by atoms with Gasteiger partial charge in [0, 0.05) is 13.0 Å². The molecule has 184 valence electrons. The summed E-state index contributed by atoms with van der Waals surface area (Å²) in [6, 6.07) is 0. The van der Waals surface area contributed by atoms with Crippen LogP contribution >= 0.6 is 0 Å². The number of alkyl halides is 13. The zero-order valence-corrected chi connectivity index (χ0v) is 14.4. The van der Waals surface area contributed by atoms with Crippen molar-refractivity contribution < 1.29 is 76.9 Å². The molecule has 1 aromatic heterocycles. The molecule has 20 heteroatoms. The molecule has 0 aromatic carbocycles. The standard InChI is InChI=1S/C12H6F13N3O4/c13-7(14,1-2-28-4(6(31)32)3(5(29)30)26-27-28)8(15,16)9(17,18)10(19,20)11(21,22)12(23,24)25/h1-2H2,(H,29,30)(H,31,32). The number of hydrogen-bond acceptors (Lipinski definition) is 4. The van der Waals surface area contributed by atoms with Gasteiger partial charge in [-0.3, -0.25) is 0 Å². The van der Waals surface area contributed by atoms with Crippen LogP contribution in [0.3, 0.4) is 0 Å². The molecule has 2 N–H and O–H groups in total. The maximum Gasteiger partial charge on any atom is 0.460 e. The SMILES string of the molecule is O=C(O)c1nnn(CCC(F)(F)C(F)(F)C(F)(F)C(F)(F)C(F)(F)C(F)(F)F)c1C(=O)O. The van der Waals surface area contributed by atoms with E-state index in [4.69, 9.17) is 10.2 Å². The molecule has 1 aromatic rings. The van der Waals surface area contributed by atoms with Crippen molar-refractivity contribution >= 4 is 11.9 Å². The first kappa shape index (κ1) is 27.2. The van der Waals surface area contributed by atoms with Gasteiger partial charge in [-0.25, -0.2) is 14.3 Å². The lowest BCUT2D eigenvalue weighted by molar-refractivity contribution is -0.440. The van der Waals surface area contributed by atoms with Gasteiger partial charge in [0.05, 0.1) is 0 Å². The van der Waals surface area contributed by atoms with E-state index < -0.39 is 72.1 Å². The molecule has 0 aliphatic carbocycles. The fourth-order valence-corrected chi connectivity index (χ4v) is 2.03. The number of halogens is 13. The molecule has 0 radical (unpaired) electrons. The molecular formula is C12H6F13N3O4. The third kappa shape index (κ3) is 3.89. The third-order valence-corrected chi connectivity index (χ3v) is 3.78. The van der Waals surface area contributed by atoms with Gasteiger partial charge >= 0.3 is 47.7 Å². The zero-order chi connectivity index (χ0) is 25.7. The molecule has 0 spiro atoms. The Balaban J connectivity index is 3.36. The van der Waals surface area contributed by atoms with Crippen LogP contribution in [-0.4, -0.2) is 72.9 Å². The molecule has 0 fully saturated rings. The summed E-state index contributed by atoms with van der Waals surface area (Å²) in [5.41, 5.74) is -3.01. The number of carboxylic acid groups (broad SMARTS) is 2. The fourth-order valence-electron chi connectivity index (χ4n) is 2.03. The summed E-state index contributed by atoms with van der Waals surface area (Å²) in [5.74, 6) is -42.4. The van der Waals surface area contributed by atoms with Crippen molar-refractivity contribution in [2.45, 2.75) is 48.8 Å². The minimum absolute atomic E-state index is 0.365. The Hall–Kier alpha value is -2.83. The quantitative estimate of drug-likeness (QED) is 0.497. The first-order valence-corrected chi connectivity index (χ1v) is 7.33. The highest BCUT2D eigenvalue weighted by Gasteiger charge is 2.90. The van der Waals surface area contributed by atoms with Gasteiger partial charge < -0.3 is 10.2 Å². The Labute approximate surface area is 165 Å². The van der Waals surface area contributed by atoms with Gasteiger partial charge in [0.1, 0.15) is 0 Å². The van der Waals surface area contributed by atoms with E-state index in [0.717, 1.165) is 0 Å². The van der Waals surface area contributed by atoms with E-state index in [-0.39, 0.29) is 4.68 Å². The van der Waals surface area contributed by atoms with Crippen molar-refractivity contribution in [1.82, 2.24) is 15.0 Å². The van der Waals surface area contributed by atoms with E-state index in [1.165, 1.54) is 0 Å². The second kappa shape index (κ2) is 7.64. The summed E-state index contributed by atoms with van der Waals surface area (Å²) in [5, 5.41) is 22.7. The second-order valence-corrected chi connectivity index (χ2v) is 5.87. The molecule has 0 amide bonds. The maximum atomic E-state index is 13.7. The Morgan fingerprint density at radius 3 is 1.53 bits per heavy atom. The number of aromatic nitrogens is 3. The molecule has 1 rings (SSSR count). The Kier molecular flexibility index (Phi) is 6.50. The maximum absolute atomic E-state index is 13.7. The highest BCUT2D eigenvalue weighted by Crippen LogP contribution is 2.60. The van der Waals surface area contributed by atoms with E-state index >= 15 is 0 Å². The summed E-state index contributed by atoms with van der Waals surface area (Å²) < 4.78 is 168. The van der Waals surface area contributed by atoms with E-state index in [1.807, 2.05) is 0 Å². The van der Waals surface area contributed by atoms with Crippen LogP contribution in [-0.2, 0) is 6.54 Å². The number of aromatic carboxylic acids is 2. The lowest BCUT2D eigenvalue weighted by Crippen LogP contribution is -2.70. The fraction of sp³-hybridized carbons (Fsp3) is 0.667. The highest BCUT2D eigenvalue weighted by atomic mass is 19.4. The van der Waals surface area contributed by atoms with E-state index in [1.54, 1.807) is 0 Å². The molecule has 0 atom stereocenters. The van der Waals surface area contributed by atoms with Crippen LogP contribution < -0.4 is 0 Å². The van der Waals surface area contributed by atoms with Crippen molar-refractivity contribution in [3.63, 3.8) is 0 Å². The van der Waals surface area contributed by atoms with Crippen molar-refractivity contribution in [3.8, 4) is 0 Å². The van der Waals surface area contributed by atoms with Crippen LogP contribution in [0, 0.1) is 0 Å². The Morgan fingerprint density at radius 1 is 0.719 bits per heavy atom. The predicted octanol–water partition coefficient (Wildman–Crippen LogP) is 3.80. The van der Waals surface area contributed by atoms with Gasteiger partial charge in [-0.05, 0) is 0 Å². The van der Waals surface area contributed by atoms with Crippen LogP contribution in [0.25, 0.3) is 0 Å².